The van der Waals surface area contributed by atoms with Gasteiger partial charge in [0, 0.05) is 24.2 Å². The molecule has 0 bridgehead atoms. The van der Waals surface area contributed by atoms with Crippen LogP contribution in [-0.4, -0.2) is 46.0 Å². The molecule has 2 aliphatic heterocycles. The molecule has 3 heterocycles. The number of nitrogens with zero attached hydrogens (tertiary/aromatic N) is 4. The summed E-state index contributed by atoms with van der Waals surface area (Å²) in [7, 11) is 1.79. The molecule has 3 N–H and O–H groups in total. The van der Waals surface area contributed by atoms with Gasteiger partial charge in [-0.15, -0.1) is 0 Å². The van der Waals surface area contributed by atoms with Crippen LogP contribution in [0, 0.1) is 11.8 Å². The van der Waals surface area contributed by atoms with Crippen molar-refractivity contribution in [3.05, 3.63) is 72.3 Å². The van der Waals surface area contributed by atoms with Crippen LogP contribution in [0.15, 0.2) is 71.7 Å². The van der Waals surface area contributed by atoms with Gasteiger partial charge in [0.05, 0.1) is 5.52 Å². The number of nitrogens with two attached hydrogens (primary N) is 1. The fraction of sp³-hybridized carbons (Fsp3) is 0.500. The van der Waals surface area contributed by atoms with Gasteiger partial charge in [0.1, 0.15) is 17.0 Å². The van der Waals surface area contributed by atoms with Crippen molar-refractivity contribution in [2.75, 3.05) is 17.3 Å². The Labute approximate surface area is 268 Å². The monoisotopic (exact) mass is 604 g/mol. The molecular formula is C38H48N6O. The molecule has 1 amide bonds. The number of fused-ring (bicyclic) bond motifs is 2. The molecule has 2 unspecified atom stereocenters. The van der Waals surface area contributed by atoms with E-state index in [1.807, 2.05) is 0 Å². The SMILES string of the molecule is CN1C(=O)[C@@](CCC2CCCCC2)(C[C@H]2CCCC(N(c3ccc4ccccc4n3)C3(C)C=Cc4ccccc4N3)C2)N=C1N. The maximum atomic E-state index is 13.9. The molecule has 0 saturated heterocycles. The van der Waals surface area contributed by atoms with Crippen LogP contribution in [-0.2, 0) is 4.79 Å². The first-order valence-corrected chi connectivity index (χ1v) is 17.2. The number of guanidine groups is 1. The number of carbonyl (C=O) groups is 1. The lowest BCUT2D eigenvalue weighted by Gasteiger charge is -2.50. The van der Waals surface area contributed by atoms with E-state index in [1.165, 1.54) is 37.7 Å². The molecular weight excluding hydrogens is 556 g/mol. The Morgan fingerprint density at radius 2 is 1.73 bits per heavy atom. The Balaban J connectivity index is 1.19. The highest BCUT2D eigenvalue weighted by Gasteiger charge is 2.49. The zero-order valence-electron chi connectivity index (χ0n) is 26.9. The van der Waals surface area contributed by atoms with Crippen LogP contribution in [0.1, 0.15) is 89.5 Å². The zero-order valence-corrected chi connectivity index (χ0v) is 26.9. The molecule has 2 fully saturated rings. The van der Waals surface area contributed by atoms with Gasteiger partial charge in [-0.25, -0.2) is 9.98 Å². The summed E-state index contributed by atoms with van der Waals surface area (Å²) < 4.78 is 0. The van der Waals surface area contributed by atoms with Crippen LogP contribution in [0.25, 0.3) is 17.0 Å². The third kappa shape index (κ3) is 5.82. The van der Waals surface area contributed by atoms with E-state index in [0.717, 1.165) is 67.4 Å². The lowest BCUT2D eigenvalue weighted by Crippen LogP contribution is -2.58. The lowest BCUT2D eigenvalue weighted by atomic mass is 9.73. The van der Waals surface area contributed by atoms with Crippen molar-refractivity contribution in [2.45, 2.75) is 101 Å². The third-order valence-corrected chi connectivity index (χ3v) is 11.1. The summed E-state index contributed by atoms with van der Waals surface area (Å²) >= 11 is 0. The average Bonchev–Trinajstić information content (AvgIpc) is 3.27. The van der Waals surface area contributed by atoms with Gasteiger partial charge in [0.2, 0.25) is 0 Å². The van der Waals surface area contributed by atoms with Crippen molar-refractivity contribution in [3.63, 3.8) is 0 Å². The second kappa shape index (κ2) is 12.1. The number of para-hydroxylation sites is 2. The predicted octanol–water partition coefficient (Wildman–Crippen LogP) is 7.73. The molecule has 7 rings (SSSR count). The van der Waals surface area contributed by atoms with Crippen molar-refractivity contribution < 1.29 is 4.79 Å². The number of amides is 1. The van der Waals surface area contributed by atoms with E-state index >= 15 is 0 Å². The van der Waals surface area contributed by atoms with E-state index < -0.39 is 11.2 Å². The molecule has 4 aliphatic rings. The van der Waals surface area contributed by atoms with Crippen molar-refractivity contribution in [1.29, 1.82) is 0 Å². The molecule has 45 heavy (non-hydrogen) atoms. The van der Waals surface area contributed by atoms with Gasteiger partial charge in [-0.3, -0.25) is 9.69 Å². The normalized spacial score (nSPS) is 28.5. The highest BCUT2D eigenvalue weighted by atomic mass is 16.2. The second-order valence-electron chi connectivity index (χ2n) is 14.2. The summed E-state index contributed by atoms with van der Waals surface area (Å²) in [5.74, 6) is 2.51. The number of hydrogen-bond donors (Lipinski definition) is 2. The number of pyridine rings is 1. The molecule has 7 nitrogen and oxygen atoms in total. The number of likely N-dealkylation sites (N-methyl/N-ethyl adjacent to an activating group) is 1. The van der Waals surface area contributed by atoms with E-state index in [1.54, 1.807) is 11.9 Å². The summed E-state index contributed by atoms with van der Waals surface area (Å²) in [6.07, 6.45) is 18.0. The van der Waals surface area contributed by atoms with Gasteiger partial charge in [0.25, 0.3) is 5.91 Å². The molecule has 3 aromatic rings. The van der Waals surface area contributed by atoms with Crippen LogP contribution < -0.4 is 16.0 Å². The fourth-order valence-corrected chi connectivity index (χ4v) is 8.69. The summed E-state index contributed by atoms with van der Waals surface area (Å²) in [6.45, 7) is 2.27. The first-order valence-electron chi connectivity index (χ1n) is 17.2. The molecule has 1 aromatic heterocycles. The van der Waals surface area contributed by atoms with Crippen molar-refractivity contribution in [2.24, 2.45) is 22.6 Å². The number of anilines is 2. The number of aromatic nitrogens is 1. The Bertz CT molecular complexity index is 1610. The predicted molar refractivity (Wildman–Crippen MR) is 185 cm³/mol. The first kappa shape index (κ1) is 29.8. The Hall–Kier alpha value is -3.87. The Morgan fingerprint density at radius 1 is 0.956 bits per heavy atom. The lowest BCUT2D eigenvalue weighted by molar-refractivity contribution is -0.131. The summed E-state index contributed by atoms with van der Waals surface area (Å²) in [5.41, 5.74) is 8.45. The largest absolute Gasteiger partial charge is 0.369 e. The van der Waals surface area contributed by atoms with Gasteiger partial charge in [0.15, 0.2) is 5.96 Å². The Morgan fingerprint density at radius 3 is 2.56 bits per heavy atom. The Kier molecular flexibility index (Phi) is 8.05. The van der Waals surface area contributed by atoms with Gasteiger partial charge < -0.3 is 16.0 Å². The number of nitrogens with one attached hydrogen (secondary N) is 1. The van der Waals surface area contributed by atoms with Crippen molar-refractivity contribution in [3.8, 4) is 0 Å². The fourth-order valence-electron chi connectivity index (χ4n) is 8.69. The minimum atomic E-state index is -0.735. The van der Waals surface area contributed by atoms with Crippen LogP contribution >= 0.6 is 0 Å². The zero-order chi connectivity index (χ0) is 31.0. The first-order chi connectivity index (χ1) is 21.8. The highest BCUT2D eigenvalue weighted by Crippen LogP contribution is 2.44. The molecule has 2 aliphatic carbocycles. The van der Waals surface area contributed by atoms with Crippen LogP contribution in [0.4, 0.5) is 11.5 Å². The summed E-state index contributed by atoms with van der Waals surface area (Å²) in [6, 6.07) is 21.5. The van der Waals surface area contributed by atoms with Crippen LogP contribution in [0.2, 0.25) is 0 Å². The van der Waals surface area contributed by atoms with E-state index in [2.05, 4.69) is 90.0 Å². The minimum Gasteiger partial charge on any atom is -0.369 e. The highest BCUT2D eigenvalue weighted by molar-refractivity contribution is 6.06. The van der Waals surface area contributed by atoms with Crippen molar-refractivity contribution >= 4 is 40.4 Å². The average molecular weight is 605 g/mol. The van der Waals surface area contributed by atoms with Gasteiger partial charge in [-0.05, 0) is 86.8 Å². The molecule has 4 atom stereocenters. The summed E-state index contributed by atoms with van der Waals surface area (Å²) in [5, 5.41) is 5.03. The molecule has 7 heteroatoms. The number of rotatable bonds is 8. The van der Waals surface area contributed by atoms with E-state index in [9.17, 15) is 4.79 Å². The quantitative estimate of drug-likeness (QED) is 0.275. The van der Waals surface area contributed by atoms with E-state index in [0.29, 0.717) is 17.8 Å². The number of benzene rings is 2. The van der Waals surface area contributed by atoms with Crippen molar-refractivity contribution in [1.82, 2.24) is 9.88 Å². The molecule has 2 saturated carbocycles. The molecule has 0 spiro atoms. The van der Waals surface area contributed by atoms with Gasteiger partial charge >= 0.3 is 0 Å². The number of aliphatic imine (C=N–C) groups is 1. The smallest absolute Gasteiger partial charge is 0.257 e. The third-order valence-electron chi connectivity index (χ3n) is 11.1. The van der Waals surface area contributed by atoms with Crippen LogP contribution in [0.5, 0.6) is 0 Å². The molecule has 236 valence electrons. The maximum absolute atomic E-state index is 13.9. The topological polar surface area (TPSA) is 86.9 Å². The maximum Gasteiger partial charge on any atom is 0.257 e. The molecule has 2 aromatic carbocycles. The van der Waals surface area contributed by atoms with Gasteiger partial charge in [-0.1, -0.05) is 87.4 Å². The van der Waals surface area contributed by atoms with Crippen LogP contribution in [0.3, 0.4) is 0 Å². The standard InChI is InChI=1S/C38H48N6O/c1-37(23-22-30-15-7-9-18-33(30)41-37)44(34-20-19-29-14-6-8-17-32(29)40-34)31-16-10-13-28(25-31)26-38(35(45)43(2)36(39)42-38)24-21-27-11-4-3-5-12-27/h6-9,14-15,17-20,22-23,27-28,31,41H,3-5,10-13,16,21,24-26H2,1-2H3,(H2,39,42)/t28-,31?,37?,38+/m0/s1. The van der Waals surface area contributed by atoms with E-state index in [-0.39, 0.29) is 11.9 Å². The number of carbonyl (C=O) groups excluding carboxylic acids is 1. The summed E-state index contributed by atoms with van der Waals surface area (Å²) in [4.78, 5) is 28.2. The second-order valence-corrected chi connectivity index (χ2v) is 14.2. The van der Waals surface area contributed by atoms with E-state index in [4.69, 9.17) is 15.7 Å². The number of hydrogen-bond acceptors (Lipinski definition) is 6. The van der Waals surface area contributed by atoms with Gasteiger partial charge in [-0.2, -0.15) is 0 Å². The molecule has 0 radical (unpaired) electrons. The minimum absolute atomic E-state index is 0.0893.